The van der Waals surface area contributed by atoms with Gasteiger partial charge in [0.2, 0.25) is 0 Å². The Kier molecular flexibility index (Phi) is 6.97. The second kappa shape index (κ2) is 8.97. The van der Waals surface area contributed by atoms with Gasteiger partial charge in [-0.1, -0.05) is 13.8 Å². The molecule has 0 radical (unpaired) electrons. The van der Waals surface area contributed by atoms with E-state index in [9.17, 15) is 8.78 Å². The fourth-order valence-corrected chi connectivity index (χ4v) is 3.14. The molecule has 0 saturated carbocycles. The standard InChI is InChI=1S/C18H28F2N4/c1-13(2)17(24-8-4-5-9-24)12-23-18(21-3)22-11-14-10-15(19)6-7-16(14)20/h6-7,10,13,17H,4-5,8-9,11-12H2,1-3H3,(H2,21,22,23). The van der Waals surface area contributed by atoms with Crippen LogP contribution in [0.1, 0.15) is 32.3 Å². The largest absolute Gasteiger partial charge is 0.355 e. The molecular weight excluding hydrogens is 310 g/mol. The maximum absolute atomic E-state index is 13.7. The van der Waals surface area contributed by atoms with Crippen LogP contribution in [0.15, 0.2) is 23.2 Å². The number of guanidine groups is 1. The lowest BCUT2D eigenvalue weighted by Crippen LogP contribution is -2.48. The lowest BCUT2D eigenvalue weighted by atomic mass is 10.0. The summed E-state index contributed by atoms with van der Waals surface area (Å²) in [6, 6.07) is 3.91. The molecule has 0 bridgehead atoms. The Balaban J connectivity index is 1.88. The summed E-state index contributed by atoms with van der Waals surface area (Å²) >= 11 is 0. The Morgan fingerprint density at radius 1 is 1.21 bits per heavy atom. The minimum atomic E-state index is -0.440. The monoisotopic (exact) mass is 338 g/mol. The lowest BCUT2D eigenvalue weighted by Gasteiger charge is -2.31. The van der Waals surface area contributed by atoms with Crippen LogP contribution in [0.25, 0.3) is 0 Å². The number of likely N-dealkylation sites (tertiary alicyclic amines) is 1. The van der Waals surface area contributed by atoms with Crippen molar-refractivity contribution in [3.8, 4) is 0 Å². The number of nitrogens with zero attached hydrogens (tertiary/aromatic N) is 2. The summed E-state index contributed by atoms with van der Waals surface area (Å²) in [6.07, 6.45) is 2.52. The summed E-state index contributed by atoms with van der Waals surface area (Å²) in [7, 11) is 1.68. The third-order valence-electron chi connectivity index (χ3n) is 4.54. The molecule has 6 heteroatoms. The number of aliphatic imine (C=N–C) groups is 1. The van der Waals surface area contributed by atoms with Crippen LogP contribution in [0.3, 0.4) is 0 Å². The Labute approximate surface area is 143 Å². The van der Waals surface area contributed by atoms with Gasteiger partial charge < -0.3 is 10.6 Å². The van der Waals surface area contributed by atoms with Crippen molar-refractivity contribution in [2.75, 3.05) is 26.7 Å². The summed E-state index contributed by atoms with van der Waals surface area (Å²) in [5.74, 6) is 0.277. The van der Waals surface area contributed by atoms with E-state index < -0.39 is 11.6 Å². The third kappa shape index (κ3) is 5.16. The molecular formula is C18H28F2N4. The van der Waals surface area contributed by atoms with Crippen molar-refractivity contribution in [2.45, 2.75) is 39.3 Å². The van der Waals surface area contributed by atoms with Crippen LogP contribution in [0.2, 0.25) is 0 Å². The predicted octanol–water partition coefficient (Wildman–Crippen LogP) is 2.75. The molecule has 4 nitrogen and oxygen atoms in total. The fraction of sp³-hybridized carbons (Fsp3) is 0.611. The van der Waals surface area contributed by atoms with E-state index in [1.807, 2.05) is 0 Å². The summed E-state index contributed by atoms with van der Waals surface area (Å²) in [6.45, 7) is 7.71. The molecule has 0 spiro atoms. The average molecular weight is 338 g/mol. The molecule has 1 aromatic carbocycles. The quantitative estimate of drug-likeness (QED) is 0.619. The topological polar surface area (TPSA) is 39.7 Å². The minimum absolute atomic E-state index is 0.194. The van der Waals surface area contributed by atoms with Gasteiger partial charge in [0.1, 0.15) is 11.6 Å². The van der Waals surface area contributed by atoms with Gasteiger partial charge in [0.25, 0.3) is 0 Å². The first-order chi connectivity index (χ1) is 11.5. The van der Waals surface area contributed by atoms with E-state index in [0.29, 0.717) is 17.9 Å². The van der Waals surface area contributed by atoms with E-state index in [1.165, 1.54) is 18.9 Å². The number of nitrogens with one attached hydrogen (secondary N) is 2. The Morgan fingerprint density at radius 2 is 1.92 bits per heavy atom. The van der Waals surface area contributed by atoms with E-state index in [2.05, 4.69) is 34.4 Å². The summed E-state index contributed by atoms with van der Waals surface area (Å²) < 4.78 is 26.9. The zero-order valence-electron chi connectivity index (χ0n) is 14.8. The SMILES string of the molecule is CN=C(NCc1cc(F)ccc1F)NCC(C(C)C)N1CCCC1. The molecule has 1 aliphatic rings. The van der Waals surface area contributed by atoms with Gasteiger partial charge in [0, 0.05) is 31.7 Å². The van der Waals surface area contributed by atoms with Crippen LogP contribution in [-0.4, -0.2) is 43.6 Å². The number of hydrogen-bond donors (Lipinski definition) is 2. The maximum atomic E-state index is 13.7. The fourth-order valence-electron chi connectivity index (χ4n) is 3.14. The number of halogens is 2. The molecule has 1 aromatic rings. The second-order valence-corrected chi connectivity index (χ2v) is 6.60. The van der Waals surface area contributed by atoms with Crippen LogP contribution in [-0.2, 0) is 6.54 Å². The summed E-state index contributed by atoms with van der Waals surface area (Å²) in [5, 5.41) is 6.37. The first-order valence-corrected chi connectivity index (χ1v) is 8.63. The van der Waals surface area contributed by atoms with E-state index in [0.717, 1.165) is 31.8 Å². The molecule has 2 N–H and O–H groups in total. The molecule has 24 heavy (non-hydrogen) atoms. The van der Waals surface area contributed by atoms with Crippen molar-refractivity contribution in [3.05, 3.63) is 35.4 Å². The second-order valence-electron chi connectivity index (χ2n) is 6.60. The molecule has 0 aromatic heterocycles. The average Bonchev–Trinajstić information content (AvgIpc) is 3.07. The smallest absolute Gasteiger partial charge is 0.191 e. The van der Waals surface area contributed by atoms with Crippen molar-refractivity contribution in [3.63, 3.8) is 0 Å². The van der Waals surface area contributed by atoms with Gasteiger partial charge in [-0.3, -0.25) is 9.89 Å². The van der Waals surface area contributed by atoms with Crippen molar-refractivity contribution < 1.29 is 8.78 Å². The van der Waals surface area contributed by atoms with Crippen LogP contribution >= 0.6 is 0 Å². The minimum Gasteiger partial charge on any atom is -0.355 e. The van der Waals surface area contributed by atoms with Crippen molar-refractivity contribution in [2.24, 2.45) is 10.9 Å². The van der Waals surface area contributed by atoms with Gasteiger partial charge in [-0.05, 0) is 50.0 Å². The van der Waals surface area contributed by atoms with Crippen LogP contribution in [0.4, 0.5) is 8.78 Å². The van der Waals surface area contributed by atoms with E-state index >= 15 is 0 Å². The van der Waals surface area contributed by atoms with Gasteiger partial charge in [0.05, 0.1) is 0 Å². The third-order valence-corrected chi connectivity index (χ3v) is 4.54. The van der Waals surface area contributed by atoms with E-state index in [-0.39, 0.29) is 12.1 Å². The van der Waals surface area contributed by atoms with Gasteiger partial charge in [-0.15, -0.1) is 0 Å². The first-order valence-electron chi connectivity index (χ1n) is 8.63. The van der Waals surface area contributed by atoms with Crippen molar-refractivity contribution in [1.29, 1.82) is 0 Å². The zero-order valence-corrected chi connectivity index (χ0v) is 14.8. The van der Waals surface area contributed by atoms with E-state index in [4.69, 9.17) is 0 Å². The van der Waals surface area contributed by atoms with Crippen LogP contribution in [0, 0.1) is 17.6 Å². The molecule has 1 unspecified atom stereocenters. The number of hydrogen-bond acceptors (Lipinski definition) is 2. The molecule has 1 aliphatic heterocycles. The molecule has 0 aliphatic carbocycles. The Hall–Kier alpha value is -1.69. The number of rotatable bonds is 6. The number of benzene rings is 1. The molecule has 0 amide bonds. The Morgan fingerprint density at radius 3 is 2.54 bits per heavy atom. The molecule has 1 fully saturated rings. The lowest BCUT2D eigenvalue weighted by molar-refractivity contribution is 0.192. The van der Waals surface area contributed by atoms with Crippen molar-refractivity contribution >= 4 is 5.96 Å². The summed E-state index contributed by atoms with van der Waals surface area (Å²) in [4.78, 5) is 6.68. The van der Waals surface area contributed by atoms with Crippen molar-refractivity contribution in [1.82, 2.24) is 15.5 Å². The highest BCUT2D eigenvalue weighted by Gasteiger charge is 2.24. The summed E-state index contributed by atoms with van der Waals surface area (Å²) in [5.41, 5.74) is 0.290. The van der Waals surface area contributed by atoms with Gasteiger partial charge in [0.15, 0.2) is 5.96 Å². The molecule has 1 heterocycles. The van der Waals surface area contributed by atoms with Gasteiger partial charge in [-0.25, -0.2) is 8.78 Å². The normalized spacial score (nSPS) is 17.3. The van der Waals surface area contributed by atoms with Gasteiger partial charge in [-0.2, -0.15) is 0 Å². The molecule has 1 atom stereocenters. The van der Waals surface area contributed by atoms with E-state index in [1.54, 1.807) is 7.05 Å². The maximum Gasteiger partial charge on any atom is 0.191 e. The predicted molar refractivity (Wildman–Crippen MR) is 94.0 cm³/mol. The van der Waals surface area contributed by atoms with Crippen LogP contribution in [0.5, 0.6) is 0 Å². The highest BCUT2D eigenvalue weighted by molar-refractivity contribution is 5.79. The van der Waals surface area contributed by atoms with Crippen LogP contribution < -0.4 is 10.6 Å². The highest BCUT2D eigenvalue weighted by Crippen LogP contribution is 2.17. The first kappa shape index (κ1) is 18.6. The zero-order chi connectivity index (χ0) is 17.5. The van der Waals surface area contributed by atoms with Gasteiger partial charge >= 0.3 is 0 Å². The molecule has 2 rings (SSSR count). The highest BCUT2D eigenvalue weighted by atomic mass is 19.1. The Bertz CT molecular complexity index is 554. The molecule has 1 saturated heterocycles. The molecule has 134 valence electrons.